The molecule has 0 saturated heterocycles. The number of nitrogens with one attached hydrogen (secondary N) is 1. The van der Waals surface area contributed by atoms with Crippen LogP contribution in [0.1, 0.15) is 97.8 Å². The molecule has 4 aliphatic carbocycles. The van der Waals surface area contributed by atoms with E-state index in [2.05, 4.69) is 26.1 Å². The van der Waals surface area contributed by atoms with Crippen LogP contribution in [0.4, 0.5) is 0 Å². The Morgan fingerprint density at radius 3 is 2.52 bits per heavy atom. The van der Waals surface area contributed by atoms with E-state index in [1.165, 1.54) is 64.2 Å². The van der Waals surface area contributed by atoms with Crippen molar-refractivity contribution in [2.24, 2.45) is 46.3 Å². The predicted octanol–water partition coefficient (Wildman–Crippen LogP) is 6.20. The van der Waals surface area contributed by atoms with Gasteiger partial charge in [0.05, 0.1) is 0 Å². The molecular weight excluding hydrogens is 330 g/mol. The summed E-state index contributed by atoms with van der Waals surface area (Å²) in [6.45, 7) is 7.78. The van der Waals surface area contributed by atoms with Crippen molar-refractivity contribution in [1.82, 2.24) is 5.32 Å². The van der Waals surface area contributed by atoms with Gasteiger partial charge in [0.25, 0.3) is 0 Å². The maximum absolute atomic E-state index is 11.7. The van der Waals surface area contributed by atoms with Crippen LogP contribution in [0, 0.1) is 46.3 Å². The molecule has 7 unspecified atom stereocenters. The molecule has 0 aromatic rings. The molecule has 27 heavy (non-hydrogen) atoms. The van der Waals surface area contributed by atoms with Gasteiger partial charge < -0.3 is 5.32 Å². The zero-order valence-electron chi connectivity index (χ0n) is 18.4. The first kappa shape index (κ1) is 19.8. The number of carbonyl (C=O) groups is 1. The zero-order valence-corrected chi connectivity index (χ0v) is 18.4. The summed E-state index contributed by atoms with van der Waals surface area (Å²) in [7, 11) is 1.77. The summed E-state index contributed by atoms with van der Waals surface area (Å²) in [6.07, 6.45) is 16.6. The molecule has 2 heteroatoms. The summed E-state index contributed by atoms with van der Waals surface area (Å²) in [5, 5.41) is 2.81. The van der Waals surface area contributed by atoms with Gasteiger partial charge in [0, 0.05) is 13.5 Å². The summed E-state index contributed by atoms with van der Waals surface area (Å²) in [4.78, 5) is 11.7. The highest BCUT2D eigenvalue weighted by atomic mass is 16.1. The average molecular weight is 374 g/mol. The molecule has 4 aliphatic rings. The van der Waals surface area contributed by atoms with Crippen LogP contribution < -0.4 is 5.32 Å². The highest BCUT2D eigenvalue weighted by Gasteiger charge is 2.60. The van der Waals surface area contributed by atoms with Gasteiger partial charge in [-0.05, 0) is 104 Å². The van der Waals surface area contributed by atoms with E-state index in [1.54, 1.807) is 7.05 Å². The number of hydrogen-bond acceptors (Lipinski definition) is 1. The molecule has 0 aliphatic heterocycles. The Balaban J connectivity index is 1.49. The minimum atomic E-state index is 0.216. The lowest BCUT2D eigenvalue weighted by molar-refractivity contribution is -0.122. The molecule has 0 spiro atoms. The molecule has 0 radical (unpaired) electrons. The third-order valence-corrected chi connectivity index (χ3v) is 10.4. The van der Waals surface area contributed by atoms with E-state index in [9.17, 15) is 4.79 Å². The molecule has 2 nitrogen and oxygen atoms in total. The fourth-order valence-corrected chi connectivity index (χ4v) is 8.96. The van der Waals surface area contributed by atoms with Crippen LogP contribution in [0.5, 0.6) is 0 Å². The van der Waals surface area contributed by atoms with Crippen molar-refractivity contribution in [3.05, 3.63) is 0 Å². The molecule has 0 heterocycles. The van der Waals surface area contributed by atoms with E-state index in [4.69, 9.17) is 0 Å². The van der Waals surface area contributed by atoms with Crippen molar-refractivity contribution < 1.29 is 4.79 Å². The number of fused-ring (bicyclic) bond motifs is 5. The second kappa shape index (κ2) is 7.38. The van der Waals surface area contributed by atoms with Gasteiger partial charge in [-0.25, -0.2) is 0 Å². The standard InChI is InChI=1S/C25H43NO/c1-17(8-13-23(27)26-4)20-11-12-21-19-10-9-18-7-5-6-15-24(18,2)22(19)14-16-25(20,21)3/h17-22H,5-16H2,1-4H3,(H,26,27)/t17-,18?,19?,20?,21?,22?,24?,25?/m1/s1. The highest BCUT2D eigenvalue weighted by molar-refractivity contribution is 5.75. The molecule has 8 atom stereocenters. The lowest BCUT2D eigenvalue weighted by Crippen LogP contribution is -2.53. The van der Waals surface area contributed by atoms with Crippen LogP contribution in [0.2, 0.25) is 0 Å². The lowest BCUT2D eigenvalue weighted by Gasteiger charge is -2.61. The molecule has 1 amide bonds. The Bertz CT molecular complexity index is 559. The monoisotopic (exact) mass is 373 g/mol. The Kier molecular flexibility index (Phi) is 5.40. The third kappa shape index (κ3) is 3.18. The van der Waals surface area contributed by atoms with Gasteiger partial charge in [-0.15, -0.1) is 0 Å². The van der Waals surface area contributed by atoms with Gasteiger partial charge in [0.15, 0.2) is 0 Å². The van der Waals surface area contributed by atoms with E-state index in [0.29, 0.717) is 23.2 Å². The molecule has 154 valence electrons. The van der Waals surface area contributed by atoms with Gasteiger partial charge >= 0.3 is 0 Å². The van der Waals surface area contributed by atoms with Crippen molar-refractivity contribution in [3.8, 4) is 0 Å². The molecule has 1 N–H and O–H groups in total. The molecule has 4 rings (SSSR count). The first-order chi connectivity index (χ1) is 12.9. The Morgan fingerprint density at radius 2 is 1.74 bits per heavy atom. The van der Waals surface area contributed by atoms with Crippen molar-refractivity contribution in [2.45, 2.75) is 97.8 Å². The Morgan fingerprint density at radius 1 is 0.963 bits per heavy atom. The van der Waals surface area contributed by atoms with Crippen LogP contribution in [-0.4, -0.2) is 13.0 Å². The van der Waals surface area contributed by atoms with E-state index < -0.39 is 0 Å². The third-order valence-electron chi connectivity index (χ3n) is 10.4. The number of carbonyl (C=O) groups excluding carboxylic acids is 1. The van der Waals surface area contributed by atoms with E-state index >= 15 is 0 Å². The smallest absolute Gasteiger partial charge is 0.219 e. The minimum Gasteiger partial charge on any atom is -0.359 e. The second-order valence-corrected chi connectivity index (χ2v) is 11.3. The first-order valence-electron chi connectivity index (χ1n) is 12.1. The summed E-state index contributed by atoms with van der Waals surface area (Å²) < 4.78 is 0. The van der Waals surface area contributed by atoms with Crippen LogP contribution in [0.3, 0.4) is 0 Å². The normalized spacial score (nSPS) is 47.5. The summed E-state index contributed by atoms with van der Waals surface area (Å²) >= 11 is 0. The molecule has 4 saturated carbocycles. The SMILES string of the molecule is CNC(=O)CC[C@@H](C)C1CCC2C3CCC4CCCCC4(C)C3CCC21C. The summed E-state index contributed by atoms with van der Waals surface area (Å²) in [6, 6.07) is 0. The van der Waals surface area contributed by atoms with E-state index in [0.717, 1.165) is 36.0 Å². The lowest BCUT2D eigenvalue weighted by atomic mass is 9.44. The highest BCUT2D eigenvalue weighted by Crippen LogP contribution is 2.68. The minimum absolute atomic E-state index is 0.216. The largest absolute Gasteiger partial charge is 0.359 e. The maximum Gasteiger partial charge on any atom is 0.219 e. The number of amides is 1. The van der Waals surface area contributed by atoms with E-state index in [-0.39, 0.29) is 5.91 Å². The molecule has 0 bridgehead atoms. The fraction of sp³-hybridized carbons (Fsp3) is 0.960. The van der Waals surface area contributed by atoms with Gasteiger partial charge in [-0.1, -0.05) is 33.6 Å². The van der Waals surface area contributed by atoms with E-state index in [1.807, 2.05) is 0 Å². The molecular formula is C25H43NO. The summed E-state index contributed by atoms with van der Waals surface area (Å²) in [5.74, 6) is 5.74. The van der Waals surface area contributed by atoms with Gasteiger partial charge in [0.1, 0.15) is 0 Å². The maximum atomic E-state index is 11.7. The van der Waals surface area contributed by atoms with Crippen LogP contribution in [0.15, 0.2) is 0 Å². The first-order valence-corrected chi connectivity index (χ1v) is 12.1. The number of rotatable bonds is 4. The average Bonchev–Trinajstić information content (AvgIpc) is 3.02. The van der Waals surface area contributed by atoms with Crippen molar-refractivity contribution in [3.63, 3.8) is 0 Å². The second-order valence-electron chi connectivity index (χ2n) is 11.3. The van der Waals surface area contributed by atoms with Crippen molar-refractivity contribution in [1.29, 1.82) is 0 Å². The topological polar surface area (TPSA) is 29.1 Å². The predicted molar refractivity (Wildman–Crippen MR) is 112 cm³/mol. The quantitative estimate of drug-likeness (QED) is 0.624. The fourth-order valence-electron chi connectivity index (χ4n) is 8.96. The Hall–Kier alpha value is -0.530. The van der Waals surface area contributed by atoms with Crippen molar-refractivity contribution >= 4 is 5.91 Å². The van der Waals surface area contributed by atoms with Crippen LogP contribution in [0.25, 0.3) is 0 Å². The van der Waals surface area contributed by atoms with Gasteiger partial charge in [0.2, 0.25) is 5.91 Å². The van der Waals surface area contributed by atoms with Crippen LogP contribution >= 0.6 is 0 Å². The molecule has 4 fully saturated rings. The number of hydrogen-bond donors (Lipinski definition) is 1. The van der Waals surface area contributed by atoms with Gasteiger partial charge in [-0.3, -0.25) is 4.79 Å². The van der Waals surface area contributed by atoms with Crippen LogP contribution in [-0.2, 0) is 4.79 Å². The Labute approximate surface area is 167 Å². The van der Waals surface area contributed by atoms with Crippen molar-refractivity contribution in [2.75, 3.05) is 7.05 Å². The summed E-state index contributed by atoms with van der Waals surface area (Å²) in [5.41, 5.74) is 1.20. The zero-order chi connectivity index (χ0) is 19.2. The molecule has 0 aromatic carbocycles. The van der Waals surface area contributed by atoms with Gasteiger partial charge in [-0.2, -0.15) is 0 Å². The molecule has 0 aromatic heterocycles.